The molecule has 0 radical (unpaired) electrons. The highest BCUT2D eigenvalue weighted by Crippen LogP contribution is 2.33. The molecule has 118 valence electrons. The van der Waals surface area contributed by atoms with Crippen molar-refractivity contribution in [1.82, 2.24) is 4.98 Å². The molecular weight excluding hydrogens is 401 g/mol. The van der Waals surface area contributed by atoms with Gasteiger partial charge in [-0.1, -0.05) is 6.07 Å². The fourth-order valence-corrected chi connectivity index (χ4v) is 3.61. The Hall–Kier alpha value is -1.65. The third kappa shape index (κ3) is 3.65. The number of anilines is 1. The van der Waals surface area contributed by atoms with Crippen LogP contribution in [0.15, 0.2) is 42.7 Å². The van der Waals surface area contributed by atoms with Gasteiger partial charge in [-0.15, -0.1) is 0 Å². The number of hydrogen-bond acceptors (Lipinski definition) is 4. The van der Waals surface area contributed by atoms with Gasteiger partial charge in [-0.25, -0.2) is 0 Å². The fourth-order valence-electron chi connectivity index (χ4n) is 3.14. The van der Waals surface area contributed by atoms with E-state index in [4.69, 9.17) is 0 Å². The zero-order valence-corrected chi connectivity index (χ0v) is 14.8. The SMILES string of the molecule is N#Cc1ccc(I)cc1N1CCC([C@H](O)c2cccnc2)CC1. The van der Waals surface area contributed by atoms with Gasteiger partial charge in [0.25, 0.3) is 0 Å². The normalized spacial score (nSPS) is 16.8. The smallest absolute Gasteiger partial charge is 0.101 e. The largest absolute Gasteiger partial charge is 0.388 e. The summed E-state index contributed by atoms with van der Waals surface area (Å²) in [7, 11) is 0. The number of aliphatic hydroxyl groups is 1. The van der Waals surface area contributed by atoms with E-state index >= 15 is 0 Å². The standard InChI is InChI=1S/C18H18IN3O/c19-16-4-3-14(11-20)17(10-16)22-8-5-13(6-9-22)18(23)15-2-1-7-21-12-15/h1-4,7,10,12-13,18,23H,5-6,8-9H2/t18-/m0/s1. The number of aromatic nitrogens is 1. The van der Waals surface area contributed by atoms with Gasteiger partial charge in [-0.2, -0.15) is 5.26 Å². The quantitative estimate of drug-likeness (QED) is 0.774. The number of nitrogens with zero attached hydrogens (tertiary/aromatic N) is 3. The second-order valence-corrected chi connectivity index (χ2v) is 7.07. The van der Waals surface area contributed by atoms with Gasteiger partial charge in [0, 0.05) is 29.1 Å². The molecule has 1 aromatic heterocycles. The molecule has 1 aliphatic heterocycles. The van der Waals surface area contributed by atoms with Crippen molar-refractivity contribution in [3.63, 3.8) is 0 Å². The van der Waals surface area contributed by atoms with Crippen LogP contribution in [0.4, 0.5) is 5.69 Å². The molecular formula is C18H18IN3O. The molecule has 1 aliphatic rings. The summed E-state index contributed by atoms with van der Waals surface area (Å²) in [5.74, 6) is 0.240. The summed E-state index contributed by atoms with van der Waals surface area (Å²) < 4.78 is 1.13. The number of halogens is 1. The van der Waals surface area contributed by atoms with E-state index in [1.165, 1.54) is 0 Å². The van der Waals surface area contributed by atoms with Gasteiger partial charge in [-0.05, 0) is 71.2 Å². The van der Waals surface area contributed by atoms with Crippen LogP contribution in [0.5, 0.6) is 0 Å². The first-order valence-electron chi connectivity index (χ1n) is 7.71. The van der Waals surface area contributed by atoms with Crippen LogP contribution in [0.3, 0.4) is 0 Å². The van der Waals surface area contributed by atoms with Crippen molar-refractivity contribution < 1.29 is 5.11 Å². The highest BCUT2D eigenvalue weighted by molar-refractivity contribution is 14.1. The van der Waals surface area contributed by atoms with Crippen molar-refractivity contribution in [3.05, 3.63) is 57.4 Å². The zero-order chi connectivity index (χ0) is 16.2. The van der Waals surface area contributed by atoms with Crippen LogP contribution in [0.1, 0.15) is 30.1 Å². The maximum Gasteiger partial charge on any atom is 0.101 e. The summed E-state index contributed by atoms with van der Waals surface area (Å²) in [5, 5.41) is 19.8. The first-order valence-corrected chi connectivity index (χ1v) is 8.79. The molecule has 1 fully saturated rings. The summed E-state index contributed by atoms with van der Waals surface area (Å²) in [6.45, 7) is 1.72. The Morgan fingerprint density at radius 3 is 2.74 bits per heavy atom. The lowest BCUT2D eigenvalue weighted by atomic mass is 9.87. The number of aliphatic hydroxyl groups excluding tert-OH is 1. The van der Waals surface area contributed by atoms with E-state index in [0.29, 0.717) is 0 Å². The third-order valence-corrected chi connectivity index (χ3v) is 5.10. The Kier molecular flexibility index (Phi) is 5.13. The Morgan fingerprint density at radius 1 is 1.30 bits per heavy atom. The van der Waals surface area contributed by atoms with Crippen molar-refractivity contribution in [2.45, 2.75) is 18.9 Å². The predicted molar refractivity (Wildman–Crippen MR) is 98.0 cm³/mol. The van der Waals surface area contributed by atoms with Gasteiger partial charge < -0.3 is 10.0 Å². The molecule has 1 atom stereocenters. The molecule has 2 aromatic rings. The van der Waals surface area contributed by atoms with Crippen LogP contribution < -0.4 is 4.90 Å². The molecule has 1 saturated heterocycles. The molecule has 1 N–H and O–H groups in total. The Bertz CT molecular complexity index is 706. The van der Waals surface area contributed by atoms with E-state index in [1.54, 1.807) is 12.4 Å². The Morgan fingerprint density at radius 2 is 2.09 bits per heavy atom. The van der Waals surface area contributed by atoms with Crippen molar-refractivity contribution in [3.8, 4) is 6.07 Å². The first kappa shape index (κ1) is 16.2. The molecule has 1 aromatic carbocycles. The van der Waals surface area contributed by atoms with Crippen LogP contribution >= 0.6 is 22.6 Å². The van der Waals surface area contributed by atoms with E-state index < -0.39 is 6.10 Å². The highest BCUT2D eigenvalue weighted by Gasteiger charge is 2.27. The highest BCUT2D eigenvalue weighted by atomic mass is 127. The lowest BCUT2D eigenvalue weighted by Crippen LogP contribution is -2.36. The molecule has 0 aliphatic carbocycles. The lowest BCUT2D eigenvalue weighted by Gasteiger charge is -2.36. The maximum absolute atomic E-state index is 10.5. The number of nitriles is 1. The monoisotopic (exact) mass is 419 g/mol. The molecule has 2 heterocycles. The van der Waals surface area contributed by atoms with E-state index in [2.05, 4.69) is 44.6 Å². The van der Waals surface area contributed by atoms with E-state index in [9.17, 15) is 10.4 Å². The fraction of sp³-hybridized carbons (Fsp3) is 0.333. The van der Waals surface area contributed by atoms with Crippen molar-refractivity contribution in [1.29, 1.82) is 5.26 Å². The van der Waals surface area contributed by atoms with Gasteiger partial charge in [0.1, 0.15) is 6.07 Å². The van der Waals surface area contributed by atoms with Crippen molar-refractivity contribution >= 4 is 28.3 Å². The summed E-state index contributed by atoms with van der Waals surface area (Å²) in [5.41, 5.74) is 2.61. The first-order chi connectivity index (χ1) is 11.2. The molecule has 5 heteroatoms. The maximum atomic E-state index is 10.5. The topological polar surface area (TPSA) is 60.2 Å². The molecule has 0 unspecified atom stereocenters. The van der Waals surface area contributed by atoms with Gasteiger partial charge in [0.15, 0.2) is 0 Å². The van der Waals surface area contributed by atoms with Crippen LogP contribution in [0.2, 0.25) is 0 Å². The minimum Gasteiger partial charge on any atom is -0.388 e. The molecule has 4 nitrogen and oxygen atoms in total. The third-order valence-electron chi connectivity index (χ3n) is 4.43. The van der Waals surface area contributed by atoms with E-state index in [1.807, 2.05) is 24.3 Å². The second kappa shape index (κ2) is 7.28. The summed E-state index contributed by atoms with van der Waals surface area (Å²) in [6.07, 6.45) is 4.82. The number of rotatable bonds is 3. The van der Waals surface area contributed by atoms with E-state index in [-0.39, 0.29) is 5.92 Å². The average molecular weight is 419 g/mol. The minimum atomic E-state index is -0.461. The second-order valence-electron chi connectivity index (χ2n) is 5.83. The Balaban J connectivity index is 1.70. The van der Waals surface area contributed by atoms with Crippen LogP contribution in [0.25, 0.3) is 0 Å². The molecule has 0 bridgehead atoms. The Labute approximate surface area is 149 Å². The summed E-state index contributed by atoms with van der Waals surface area (Å²) >= 11 is 2.27. The average Bonchev–Trinajstić information content (AvgIpc) is 2.62. The van der Waals surface area contributed by atoms with Gasteiger partial charge in [-0.3, -0.25) is 4.98 Å². The summed E-state index contributed by atoms with van der Waals surface area (Å²) in [6, 6.07) is 12.0. The predicted octanol–water partition coefficient (Wildman–Crippen LogP) is 3.51. The molecule has 3 rings (SSSR count). The van der Waals surface area contributed by atoms with Gasteiger partial charge in [0.2, 0.25) is 0 Å². The van der Waals surface area contributed by atoms with E-state index in [0.717, 1.165) is 46.3 Å². The van der Waals surface area contributed by atoms with Crippen molar-refractivity contribution in [2.75, 3.05) is 18.0 Å². The van der Waals surface area contributed by atoms with Crippen molar-refractivity contribution in [2.24, 2.45) is 5.92 Å². The van der Waals surface area contributed by atoms with Crippen LogP contribution in [-0.4, -0.2) is 23.2 Å². The molecule has 0 spiro atoms. The number of piperidine rings is 1. The number of benzene rings is 1. The van der Waals surface area contributed by atoms with Gasteiger partial charge in [0.05, 0.1) is 17.4 Å². The summed E-state index contributed by atoms with van der Waals surface area (Å²) in [4.78, 5) is 6.35. The molecule has 0 saturated carbocycles. The van der Waals surface area contributed by atoms with Crippen LogP contribution in [-0.2, 0) is 0 Å². The molecule has 0 amide bonds. The lowest BCUT2D eigenvalue weighted by molar-refractivity contribution is 0.0926. The zero-order valence-electron chi connectivity index (χ0n) is 12.7. The number of pyridine rings is 1. The minimum absolute atomic E-state index is 0.240. The number of hydrogen-bond donors (Lipinski definition) is 1. The molecule has 23 heavy (non-hydrogen) atoms. The van der Waals surface area contributed by atoms with Crippen LogP contribution in [0, 0.1) is 20.8 Å². The van der Waals surface area contributed by atoms with Gasteiger partial charge >= 0.3 is 0 Å².